The van der Waals surface area contributed by atoms with Gasteiger partial charge in [-0.3, -0.25) is 9.48 Å². The molecule has 5 nitrogen and oxygen atoms in total. The molecule has 1 aliphatic heterocycles. The van der Waals surface area contributed by atoms with Gasteiger partial charge in [0.15, 0.2) is 5.69 Å². The lowest BCUT2D eigenvalue weighted by Crippen LogP contribution is -2.49. The maximum absolute atomic E-state index is 13.0. The zero-order valence-corrected chi connectivity index (χ0v) is 14.2. The molecule has 9 heteroatoms. The normalized spacial score (nSPS) is 25.2. The van der Waals surface area contributed by atoms with E-state index in [0.29, 0.717) is 18.8 Å². The van der Waals surface area contributed by atoms with Crippen molar-refractivity contribution < 1.29 is 22.7 Å². The Morgan fingerprint density at radius 1 is 1.29 bits per heavy atom. The number of morpholine rings is 1. The standard InChI is InChI=1S/C15H19ClF3N3O2/c1-8-5-21(6-9(2)24-8)11(23)7-22-13(10-3-4-10)12(16)14(20-22)15(17,18)19/h8-10H,3-7H2,1-2H3/t8-,9+. The molecule has 2 atom stereocenters. The van der Waals surface area contributed by atoms with Gasteiger partial charge in [0, 0.05) is 19.0 Å². The average molecular weight is 366 g/mol. The van der Waals surface area contributed by atoms with E-state index in [2.05, 4.69) is 5.10 Å². The number of hydrogen-bond donors (Lipinski definition) is 0. The molecular weight excluding hydrogens is 347 g/mol. The summed E-state index contributed by atoms with van der Waals surface area (Å²) < 4.78 is 45.9. The molecule has 0 radical (unpaired) electrons. The largest absolute Gasteiger partial charge is 0.436 e. The average Bonchev–Trinajstić information content (AvgIpc) is 3.21. The highest BCUT2D eigenvalue weighted by Gasteiger charge is 2.42. The van der Waals surface area contributed by atoms with Crippen molar-refractivity contribution in [1.29, 1.82) is 0 Å². The number of rotatable bonds is 3. The van der Waals surface area contributed by atoms with Gasteiger partial charge >= 0.3 is 6.18 Å². The molecule has 134 valence electrons. The van der Waals surface area contributed by atoms with Crippen LogP contribution >= 0.6 is 11.6 Å². The zero-order valence-electron chi connectivity index (χ0n) is 13.4. The van der Waals surface area contributed by atoms with Gasteiger partial charge in [-0.25, -0.2) is 0 Å². The van der Waals surface area contributed by atoms with Crippen molar-refractivity contribution in [2.24, 2.45) is 0 Å². The van der Waals surface area contributed by atoms with Crippen LogP contribution in [0, 0.1) is 0 Å². The van der Waals surface area contributed by atoms with Gasteiger partial charge in [-0.05, 0) is 26.7 Å². The maximum atomic E-state index is 13.0. The Kier molecular flexibility index (Phi) is 4.55. The van der Waals surface area contributed by atoms with E-state index in [-0.39, 0.29) is 35.6 Å². The van der Waals surface area contributed by atoms with Crippen molar-refractivity contribution in [1.82, 2.24) is 14.7 Å². The third-order valence-corrected chi connectivity index (χ3v) is 4.59. The summed E-state index contributed by atoms with van der Waals surface area (Å²) in [4.78, 5) is 14.1. The van der Waals surface area contributed by atoms with E-state index in [1.807, 2.05) is 13.8 Å². The minimum absolute atomic E-state index is 0.0450. The molecule has 2 fully saturated rings. The fraction of sp³-hybridized carbons (Fsp3) is 0.733. The number of carbonyl (C=O) groups is 1. The molecule has 1 amide bonds. The number of aromatic nitrogens is 2. The van der Waals surface area contributed by atoms with Crippen LogP contribution in [-0.4, -0.2) is 45.9 Å². The van der Waals surface area contributed by atoms with E-state index in [1.54, 1.807) is 4.90 Å². The zero-order chi connectivity index (χ0) is 17.6. The van der Waals surface area contributed by atoms with Crippen LogP contribution < -0.4 is 0 Å². The van der Waals surface area contributed by atoms with Crippen molar-refractivity contribution in [2.45, 2.75) is 57.5 Å². The predicted octanol–water partition coefficient (Wildman–Crippen LogP) is 3.07. The summed E-state index contributed by atoms with van der Waals surface area (Å²) in [5.41, 5.74) is -0.783. The van der Waals surface area contributed by atoms with E-state index >= 15 is 0 Å². The quantitative estimate of drug-likeness (QED) is 0.827. The SMILES string of the molecule is C[C@@H]1CN(C(=O)Cn2nc(C(F)(F)F)c(Cl)c2C2CC2)C[C@H](C)O1. The first-order valence-corrected chi connectivity index (χ1v) is 8.31. The molecule has 1 aromatic heterocycles. The Labute approximate surface area is 142 Å². The molecule has 2 heterocycles. The summed E-state index contributed by atoms with van der Waals surface area (Å²) in [6.45, 7) is 4.32. The summed E-state index contributed by atoms with van der Waals surface area (Å²) in [7, 11) is 0. The Balaban J connectivity index is 1.83. The number of hydrogen-bond acceptors (Lipinski definition) is 3. The van der Waals surface area contributed by atoms with Crippen molar-refractivity contribution in [3.63, 3.8) is 0 Å². The number of alkyl halides is 3. The topological polar surface area (TPSA) is 47.4 Å². The van der Waals surface area contributed by atoms with Crippen LogP contribution in [0.3, 0.4) is 0 Å². The van der Waals surface area contributed by atoms with E-state index in [1.165, 1.54) is 0 Å². The highest BCUT2D eigenvalue weighted by atomic mass is 35.5. The van der Waals surface area contributed by atoms with Gasteiger partial charge in [0.1, 0.15) is 6.54 Å². The lowest BCUT2D eigenvalue weighted by Gasteiger charge is -2.35. The second-order valence-electron chi connectivity index (χ2n) is 6.53. The van der Waals surface area contributed by atoms with Gasteiger partial charge in [0.05, 0.1) is 22.9 Å². The minimum atomic E-state index is -4.63. The van der Waals surface area contributed by atoms with Crippen molar-refractivity contribution in [3.05, 3.63) is 16.4 Å². The monoisotopic (exact) mass is 365 g/mol. The van der Waals surface area contributed by atoms with Gasteiger partial charge in [-0.2, -0.15) is 18.3 Å². The highest BCUT2D eigenvalue weighted by Crippen LogP contribution is 2.46. The summed E-state index contributed by atoms with van der Waals surface area (Å²) in [5, 5.41) is 3.22. The predicted molar refractivity (Wildman–Crippen MR) is 80.8 cm³/mol. The molecular formula is C15H19ClF3N3O2. The first kappa shape index (κ1) is 17.5. The minimum Gasteiger partial charge on any atom is -0.372 e. The molecule has 2 aliphatic rings. The van der Waals surface area contributed by atoms with Crippen LogP contribution in [0.15, 0.2) is 0 Å². The van der Waals surface area contributed by atoms with E-state index in [4.69, 9.17) is 16.3 Å². The molecule has 1 saturated heterocycles. The van der Waals surface area contributed by atoms with Crippen LogP contribution in [-0.2, 0) is 22.3 Å². The van der Waals surface area contributed by atoms with Gasteiger partial charge in [-0.15, -0.1) is 0 Å². The van der Waals surface area contributed by atoms with Gasteiger partial charge in [0.2, 0.25) is 5.91 Å². The fourth-order valence-electron chi connectivity index (χ4n) is 3.11. The molecule has 1 aromatic rings. The lowest BCUT2D eigenvalue weighted by molar-refractivity contribution is -0.145. The maximum Gasteiger partial charge on any atom is 0.436 e. The number of ether oxygens (including phenoxy) is 1. The van der Waals surface area contributed by atoms with E-state index in [9.17, 15) is 18.0 Å². The van der Waals surface area contributed by atoms with Crippen LogP contribution in [0.4, 0.5) is 13.2 Å². The Bertz CT molecular complexity index is 633. The molecule has 0 unspecified atom stereocenters. The summed E-state index contributed by atoms with van der Waals surface area (Å²) in [5.74, 6) is -0.316. The van der Waals surface area contributed by atoms with Crippen LogP contribution in [0.25, 0.3) is 0 Å². The van der Waals surface area contributed by atoms with Gasteiger partial charge < -0.3 is 9.64 Å². The Hall–Kier alpha value is -1.28. The second-order valence-corrected chi connectivity index (χ2v) is 6.91. The lowest BCUT2D eigenvalue weighted by atomic mass is 10.2. The fourth-order valence-corrected chi connectivity index (χ4v) is 3.51. The van der Waals surface area contributed by atoms with Crippen molar-refractivity contribution >= 4 is 17.5 Å². The third-order valence-electron chi connectivity index (χ3n) is 4.22. The second kappa shape index (κ2) is 6.22. The Morgan fingerprint density at radius 3 is 2.38 bits per heavy atom. The van der Waals surface area contributed by atoms with Gasteiger partial charge in [0.25, 0.3) is 0 Å². The molecule has 3 rings (SSSR count). The molecule has 0 aromatic carbocycles. The highest BCUT2D eigenvalue weighted by molar-refractivity contribution is 6.32. The summed E-state index contributed by atoms with van der Waals surface area (Å²) in [6, 6.07) is 0. The van der Waals surface area contributed by atoms with Crippen LogP contribution in [0.2, 0.25) is 5.02 Å². The number of amides is 1. The smallest absolute Gasteiger partial charge is 0.372 e. The number of carbonyl (C=O) groups excluding carboxylic acids is 1. The van der Waals surface area contributed by atoms with E-state index in [0.717, 1.165) is 17.5 Å². The third kappa shape index (κ3) is 3.54. The van der Waals surface area contributed by atoms with Crippen LogP contribution in [0.1, 0.15) is 44.0 Å². The van der Waals surface area contributed by atoms with Crippen molar-refractivity contribution in [3.8, 4) is 0 Å². The molecule has 24 heavy (non-hydrogen) atoms. The van der Waals surface area contributed by atoms with Crippen LogP contribution in [0.5, 0.6) is 0 Å². The molecule has 0 N–H and O–H groups in total. The van der Waals surface area contributed by atoms with Crippen molar-refractivity contribution in [2.75, 3.05) is 13.1 Å². The number of nitrogens with zero attached hydrogens (tertiary/aromatic N) is 3. The molecule has 0 spiro atoms. The Morgan fingerprint density at radius 2 is 1.88 bits per heavy atom. The summed E-state index contributed by atoms with van der Waals surface area (Å²) in [6.07, 6.45) is -3.30. The summed E-state index contributed by atoms with van der Waals surface area (Å²) >= 11 is 5.92. The van der Waals surface area contributed by atoms with E-state index < -0.39 is 11.9 Å². The first-order chi connectivity index (χ1) is 11.2. The molecule has 1 saturated carbocycles. The molecule has 1 aliphatic carbocycles. The van der Waals surface area contributed by atoms with Gasteiger partial charge in [-0.1, -0.05) is 11.6 Å². The molecule has 0 bridgehead atoms. The number of halogens is 4. The first-order valence-electron chi connectivity index (χ1n) is 7.93.